The first-order chi connectivity index (χ1) is 10.7. The topological polar surface area (TPSA) is 41.4 Å². The molecule has 5 nitrogen and oxygen atoms in total. The lowest BCUT2D eigenvalue weighted by molar-refractivity contribution is 0.0763. The summed E-state index contributed by atoms with van der Waals surface area (Å²) in [5, 5.41) is 0. The Hall–Kier alpha value is -2.14. The third-order valence-electron chi connectivity index (χ3n) is 4.13. The van der Waals surface area contributed by atoms with Gasteiger partial charge in [-0.3, -0.25) is 4.79 Å². The molecule has 1 aliphatic rings. The predicted octanol–water partition coefficient (Wildman–Crippen LogP) is 1.71. The lowest BCUT2D eigenvalue weighted by Crippen LogP contribution is -2.34. The minimum absolute atomic E-state index is 0.143. The summed E-state index contributed by atoms with van der Waals surface area (Å²) in [6.45, 7) is 4.45. The second kappa shape index (κ2) is 6.75. The summed E-state index contributed by atoms with van der Waals surface area (Å²) in [4.78, 5) is 20.9. The molecule has 1 aliphatic heterocycles. The largest absolute Gasteiger partial charge is 0.337 e. The van der Waals surface area contributed by atoms with Gasteiger partial charge in [0.05, 0.1) is 6.33 Å². The van der Waals surface area contributed by atoms with Crippen molar-refractivity contribution in [1.29, 1.82) is 0 Å². The van der Waals surface area contributed by atoms with Crippen molar-refractivity contribution in [2.75, 3.05) is 33.2 Å². The van der Waals surface area contributed by atoms with Crippen LogP contribution in [0, 0.1) is 0 Å². The zero-order chi connectivity index (χ0) is 15.4. The first-order valence-electron chi connectivity index (χ1n) is 7.75. The molecule has 22 heavy (non-hydrogen) atoms. The summed E-state index contributed by atoms with van der Waals surface area (Å²) in [6.07, 6.45) is 6.55. The molecule has 0 saturated carbocycles. The van der Waals surface area contributed by atoms with Crippen LogP contribution in [0.15, 0.2) is 43.0 Å². The number of carbonyl (C=O) groups is 1. The van der Waals surface area contributed by atoms with Gasteiger partial charge in [-0.15, -0.1) is 0 Å². The minimum atomic E-state index is 0.143. The fourth-order valence-corrected chi connectivity index (χ4v) is 2.78. The SMILES string of the molecule is CN1CCCN(C(=O)c2ccc(Cn3ccnc3)cc2)CC1. The van der Waals surface area contributed by atoms with E-state index in [9.17, 15) is 4.79 Å². The molecule has 3 rings (SSSR count). The van der Waals surface area contributed by atoms with Gasteiger partial charge in [0, 0.05) is 44.1 Å². The van der Waals surface area contributed by atoms with Gasteiger partial charge in [-0.2, -0.15) is 0 Å². The number of likely N-dealkylation sites (N-methyl/N-ethyl adjacent to an activating group) is 1. The molecule has 0 N–H and O–H groups in total. The molecule has 1 amide bonds. The van der Waals surface area contributed by atoms with Gasteiger partial charge < -0.3 is 14.4 Å². The minimum Gasteiger partial charge on any atom is -0.337 e. The summed E-state index contributed by atoms with van der Waals surface area (Å²) >= 11 is 0. The van der Waals surface area contributed by atoms with E-state index in [1.807, 2.05) is 39.9 Å². The molecule has 0 radical (unpaired) electrons. The molecule has 1 saturated heterocycles. The van der Waals surface area contributed by atoms with Crippen molar-refractivity contribution in [2.45, 2.75) is 13.0 Å². The molecule has 116 valence electrons. The molecule has 5 heteroatoms. The summed E-state index contributed by atoms with van der Waals surface area (Å²) in [5.74, 6) is 0.143. The molecule has 2 aromatic rings. The molecule has 1 fully saturated rings. The second-order valence-electron chi connectivity index (χ2n) is 5.88. The van der Waals surface area contributed by atoms with Crippen LogP contribution in [0.25, 0.3) is 0 Å². The van der Waals surface area contributed by atoms with E-state index in [2.05, 4.69) is 16.9 Å². The van der Waals surface area contributed by atoms with E-state index in [0.29, 0.717) is 0 Å². The highest BCUT2D eigenvalue weighted by Crippen LogP contribution is 2.11. The maximum atomic E-state index is 12.6. The average molecular weight is 298 g/mol. The van der Waals surface area contributed by atoms with Crippen LogP contribution in [-0.2, 0) is 6.54 Å². The van der Waals surface area contributed by atoms with Crippen LogP contribution < -0.4 is 0 Å². The first-order valence-corrected chi connectivity index (χ1v) is 7.75. The number of nitrogens with zero attached hydrogens (tertiary/aromatic N) is 4. The highest BCUT2D eigenvalue weighted by Gasteiger charge is 2.18. The fraction of sp³-hybridized carbons (Fsp3) is 0.412. The third kappa shape index (κ3) is 3.54. The van der Waals surface area contributed by atoms with Gasteiger partial charge in [-0.25, -0.2) is 4.98 Å². The lowest BCUT2D eigenvalue weighted by Gasteiger charge is -2.20. The number of benzene rings is 1. The van der Waals surface area contributed by atoms with Crippen molar-refractivity contribution in [2.24, 2.45) is 0 Å². The number of amides is 1. The number of carbonyl (C=O) groups excluding carboxylic acids is 1. The lowest BCUT2D eigenvalue weighted by atomic mass is 10.1. The smallest absolute Gasteiger partial charge is 0.253 e. The quantitative estimate of drug-likeness (QED) is 0.866. The Kier molecular flexibility index (Phi) is 4.53. The normalized spacial score (nSPS) is 16.5. The van der Waals surface area contributed by atoms with Gasteiger partial charge in [0.1, 0.15) is 0 Å². The Morgan fingerprint density at radius 2 is 1.95 bits per heavy atom. The number of rotatable bonds is 3. The Balaban J connectivity index is 1.65. The van der Waals surface area contributed by atoms with Crippen molar-refractivity contribution in [3.8, 4) is 0 Å². The van der Waals surface area contributed by atoms with E-state index < -0.39 is 0 Å². The summed E-state index contributed by atoms with van der Waals surface area (Å²) in [7, 11) is 2.11. The molecule has 0 bridgehead atoms. The summed E-state index contributed by atoms with van der Waals surface area (Å²) in [5.41, 5.74) is 1.95. The monoisotopic (exact) mass is 298 g/mol. The second-order valence-corrected chi connectivity index (χ2v) is 5.88. The Morgan fingerprint density at radius 1 is 1.14 bits per heavy atom. The number of imidazole rings is 1. The van der Waals surface area contributed by atoms with Crippen LogP contribution in [0.5, 0.6) is 0 Å². The third-order valence-corrected chi connectivity index (χ3v) is 4.13. The zero-order valence-electron chi connectivity index (χ0n) is 13.0. The van der Waals surface area contributed by atoms with Gasteiger partial charge in [-0.05, 0) is 37.7 Å². The van der Waals surface area contributed by atoms with Gasteiger partial charge in [0.15, 0.2) is 0 Å². The van der Waals surface area contributed by atoms with E-state index in [4.69, 9.17) is 0 Å². The van der Waals surface area contributed by atoms with Crippen LogP contribution in [0.4, 0.5) is 0 Å². The highest BCUT2D eigenvalue weighted by molar-refractivity contribution is 5.94. The summed E-state index contributed by atoms with van der Waals surface area (Å²) in [6, 6.07) is 7.92. The standard InChI is InChI=1S/C17H22N4O/c1-19-8-2-9-21(12-11-19)17(22)16-5-3-15(4-6-16)13-20-10-7-18-14-20/h3-7,10,14H,2,8-9,11-13H2,1H3. The molecular formula is C17H22N4O. The van der Waals surface area contributed by atoms with E-state index in [1.165, 1.54) is 5.56 Å². The van der Waals surface area contributed by atoms with E-state index in [-0.39, 0.29) is 5.91 Å². The van der Waals surface area contributed by atoms with Crippen LogP contribution in [0.3, 0.4) is 0 Å². The molecule has 0 unspecified atom stereocenters. The maximum absolute atomic E-state index is 12.6. The van der Waals surface area contributed by atoms with Crippen LogP contribution in [0.2, 0.25) is 0 Å². The Morgan fingerprint density at radius 3 is 2.68 bits per heavy atom. The first kappa shape index (κ1) is 14.8. The number of hydrogen-bond donors (Lipinski definition) is 0. The van der Waals surface area contributed by atoms with Crippen molar-refractivity contribution in [1.82, 2.24) is 19.4 Å². The zero-order valence-corrected chi connectivity index (χ0v) is 13.0. The van der Waals surface area contributed by atoms with Crippen molar-refractivity contribution < 1.29 is 4.79 Å². The highest BCUT2D eigenvalue weighted by atomic mass is 16.2. The predicted molar refractivity (Wildman–Crippen MR) is 85.8 cm³/mol. The van der Waals surface area contributed by atoms with Gasteiger partial charge in [0.2, 0.25) is 0 Å². The van der Waals surface area contributed by atoms with Crippen LogP contribution >= 0.6 is 0 Å². The molecule has 1 aromatic heterocycles. The molecule has 0 aliphatic carbocycles. The number of aromatic nitrogens is 2. The maximum Gasteiger partial charge on any atom is 0.253 e. The van der Waals surface area contributed by atoms with Gasteiger partial charge in [-0.1, -0.05) is 12.1 Å². The van der Waals surface area contributed by atoms with E-state index in [1.54, 1.807) is 12.5 Å². The molecular weight excluding hydrogens is 276 g/mol. The van der Waals surface area contributed by atoms with Crippen molar-refractivity contribution in [3.63, 3.8) is 0 Å². The van der Waals surface area contributed by atoms with Gasteiger partial charge >= 0.3 is 0 Å². The molecule has 0 atom stereocenters. The molecule has 0 spiro atoms. The fourth-order valence-electron chi connectivity index (χ4n) is 2.78. The Labute approximate surface area is 131 Å². The Bertz CT molecular complexity index is 606. The molecule has 1 aromatic carbocycles. The molecule has 2 heterocycles. The van der Waals surface area contributed by atoms with Crippen molar-refractivity contribution >= 4 is 5.91 Å². The van der Waals surface area contributed by atoms with Crippen LogP contribution in [0.1, 0.15) is 22.3 Å². The van der Waals surface area contributed by atoms with Gasteiger partial charge in [0.25, 0.3) is 5.91 Å². The average Bonchev–Trinajstić information content (AvgIpc) is 2.94. The van der Waals surface area contributed by atoms with E-state index >= 15 is 0 Å². The van der Waals surface area contributed by atoms with Crippen molar-refractivity contribution in [3.05, 3.63) is 54.1 Å². The van der Waals surface area contributed by atoms with E-state index in [0.717, 1.165) is 44.7 Å². The number of hydrogen-bond acceptors (Lipinski definition) is 3. The summed E-state index contributed by atoms with van der Waals surface area (Å²) < 4.78 is 2.02. The van der Waals surface area contributed by atoms with Crippen LogP contribution in [-0.4, -0.2) is 58.5 Å².